The Morgan fingerprint density at radius 1 is 1.29 bits per heavy atom. The molecule has 98 valence electrons. The Morgan fingerprint density at radius 3 is 2.29 bits per heavy atom. The van der Waals surface area contributed by atoms with Crippen molar-refractivity contribution in [2.75, 3.05) is 0 Å². The molecule has 1 rings (SSSR count). The summed E-state index contributed by atoms with van der Waals surface area (Å²) in [7, 11) is 0. The molecular weight excluding hydrogens is 376 g/mol. The van der Waals surface area contributed by atoms with Crippen LogP contribution in [-0.4, -0.2) is 17.4 Å². The van der Waals surface area contributed by atoms with E-state index in [-0.39, 0.29) is 18.0 Å². The molecule has 0 aromatic heterocycles. The standard InChI is InChI=1S/C9H8F4INO.ClH/c10-6-2-1-4(14)3-5(6)7(15)8(16)9(11,12)13;/h1-3,7-8,16H,15H2;1H/t7-,8-;/m0./s1. The minimum absolute atomic E-state index is 0. The molecule has 1 aromatic carbocycles. The molecule has 0 aliphatic carbocycles. The number of aliphatic hydroxyl groups excluding tert-OH is 1. The lowest BCUT2D eigenvalue weighted by atomic mass is 10.0. The molecule has 0 aliphatic heterocycles. The number of halogens is 6. The Kier molecular flexibility index (Phi) is 6.12. The van der Waals surface area contributed by atoms with E-state index in [9.17, 15) is 17.6 Å². The van der Waals surface area contributed by atoms with Gasteiger partial charge in [0.05, 0.1) is 6.04 Å². The average Bonchev–Trinajstić information content (AvgIpc) is 2.18. The van der Waals surface area contributed by atoms with E-state index in [1.165, 1.54) is 12.1 Å². The fourth-order valence-electron chi connectivity index (χ4n) is 1.14. The van der Waals surface area contributed by atoms with Crippen LogP contribution in [0, 0.1) is 9.39 Å². The Balaban J connectivity index is 0.00000256. The van der Waals surface area contributed by atoms with Crippen LogP contribution >= 0.6 is 35.0 Å². The summed E-state index contributed by atoms with van der Waals surface area (Å²) < 4.78 is 50.2. The highest BCUT2D eigenvalue weighted by Gasteiger charge is 2.43. The molecule has 1 aromatic rings. The van der Waals surface area contributed by atoms with Gasteiger partial charge in [0.15, 0.2) is 6.10 Å². The number of rotatable bonds is 2. The van der Waals surface area contributed by atoms with E-state index in [1.807, 2.05) is 22.6 Å². The summed E-state index contributed by atoms with van der Waals surface area (Å²) >= 11 is 1.81. The van der Waals surface area contributed by atoms with Crippen LogP contribution in [0.25, 0.3) is 0 Å². The molecule has 0 bridgehead atoms. The maximum atomic E-state index is 13.2. The van der Waals surface area contributed by atoms with Gasteiger partial charge in [0.1, 0.15) is 5.82 Å². The van der Waals surface area contributed by atoms with Gasteiger partial charge in [-0.1, -0.05) is 0 Å². The topological polar surface area (TPSA) is 46.2 Å². The molecular formula is C9H9ClF4INO. The lowest BCUT2D eigenvalue weighted by molar-refractivity contribution is -0.210. The van der Waals surface area contributed by atoms with E-state index in [4.69, 9.17) is 10.8 Å². The van der Waals surface area contributed by atoms with E-state index in [0.29, 0.717) is 3.57 Å². The van der Waals surface area contributed by atoms with Gasteiger partial charge in [0.25, 0.3) is 0 Å². The van der Waals surface area contributed by atoms with Crippen LogP contribution in [0.2, 0.25) is 0 Å². The zero-order valence-electron chi connectivity index (χ0n) is 8.21. The molecule has 0 unspecified atom stereocenters. The van der Waals surface area contributed by atoms with Crippen molar-refractivity contribution in [3.05, 3.63) is 33.1 Å². The zero-order chi connectivity index (χ0) is 12.5. The summed E-state index contributed by atoms with van der Waals surface area (Å²) in [5.74, 6) is -0.865. The quantitative estimate of drug-likeness (QED) is 0.607. The van der Waals surface area contributed by atoms with Gasteiger partial charge in [0, 0.05) is 9.13 Å². The number of alkyl halides is 3. The fraction of sp³-hybridized carbons (Fsp3) is 0.333. The third-order valence-corrected chi connectivity index (χ3v) is 2.66. The van der Waals surface area contributed by atoms with Crippen molar-refractivity contribution < 1.29 is 22.7 Å². The van der Waals surface area contributed by atoms with Crippen molar-refractivity contribution >= 4 is 35.0 Å². The second kappa shape index (κ2) is 6.17. The smallest absolute Gasteiger partial charge is 0.382 e. The molecule has 0 aliphatic rings. The van der Waals surface area contributed by atoms with Gasteiger partial charge in [-0.25, -0.2) is 4.39 Å². The molecule has 0 radical (unpaired) electrons. The minimum atomic E-state index is -4.87. The third kappa shape index (κ3) is 4.23. The van der Waals surface area contributed by atoms with Crippen LogP contribution in [0.3, 0.4) is 0 Å². The first kappa shape index (κ1) is 16.9. The van der Waals surface area contributed by atoms with Crippen LogP contribution in [0.15, 0.2) is 18.2 Å². The second-order valence-electron chi connectivity index (χ2n) is 3.18. The van der Waals surface area contributed by atoms with E-state index in [0.717, 1.165) is 6.07 Å². The fourth-order valence-corrected chi connectivity index (χ4v) is 1.66. The van der Waals surface area contributed by atoms with Crippen LogP contribution < -0.4 is 5.73 Å². The van der Waals surface area contributed by atoms with Gasteiger partial charge in [-0.05, 0) is 40.8 Å². The predicted molar refractivity (Wildman–Crippen MR) is 65.4 cm³/mol. The highest BCUT2D eigenvalue weighted by Crippen LogP contribution is 2.30. The van der Waals surface area contributed by atoms with Crippen LogP contribution in [0.5, 0.6) is 0 Å². The molecule has 0 spiro atoms. The number of hydrogen-bond donors (Lipinski definition) is 2. The number of aliphatic hydroxyl groups is 1. The molecule has 17 heavy (non-hydrogen) atoms. The maximum absolute atomic E-state index is 13.2. The Bertz CT molecular complexity index is 388. The van der Waals surface area contributed by atoms with Gasteiger partial charge >= 0.3 is 6.18 Å². The number of hydrogen-bond acceptors (Lipinski definition) is 2. The summed E-state index contributed by atoms with van der Waals surface area (Å²) in [6, 6.07) is 1.76. The highest BCUT2D eigenvalue weighted by atomic mass is 127. The lowest BCUT2D eigenvalue weighted by Gasteiger charge is -2.22. The normalized spacial score (nSPS) is 15.0. The summed E-state index contributed by atoms with van der Waals surface area (Å²) in [4.78, 5) is 0. The van der Waals surface area contributed by atoms with Crippen LogP contribution in [-0.2, 0) is 0 Å². The predicted octanol–water partition coefficient (Wildman–Crippen LogP) is 2.78. The van der Waals surface area contributed by atoms with Crippen molar-refractivity contribution in [1.29, 1.82) is 0 Å². The minimum Gasteiger partial charge on any atom is -0.382 e. The van der Waals surface area contributed by atoms with Crippen molar-refractivity contribution in [2.45, 2.75) is 18.3 Å². The Morgan fingerprint density at radius 2 is 1.82 bits per heavy atom. The molecule has 2 nitrogen and oxygen atoms in total. The number of nitrogens with two attached hydrogens (primary N) is 1. The SMILES string of the molecule is Cl.N[C@@H](c1cc(I)ccc1F)[C@H](O)C(F)(F)F. The number of benzene rings is 1. The molecule has 0 saturated heterocycles. The van der Waals surface area contributed by atoms with Crippen molar-refractivity contribution in [3.8, 4) is 0 Å². The molecule has 0 heterocycles. The highest BCUT2D eigenvalue weighted by molar-refractivity contribution is 14.1. The molecule has 0 saturated carbocycles. The average molecular weight is 386 g/mol. The molecule has 0 amide bonds. The molecule has 8 heteroatoms. The van der Waals surface area contributed by atoms with Gasteiger partial charge in [-0.3, -0.25) is 0 Å². The summed E-state index contributed by atoms with van der Waals surface area (Å²) in [6.45, 7) is 0. The molecule has 0 fully saturated rings. The van der Waals surface area contributed by atoms with E-state index < -0.39 is 24.1 Å². The maximum Gasteiger partial charge on any atom is 0.416 e. The largest absolute Gasteiger partial charge is 0.416 e. The molecule has 3 N–H and O–H groups in total. The Labute approximate surface area is 115 Å². The second-order valence-corrected chi connectivity index (χ2v) is 4.42. The van der Waals surface area contributed by atoms with Gasteiger partial charge < -0.3 is 10.8 Å². The van der Waals surface area contributed by atoms with E-state index in [1.54, 1.807) is 0 Å². The third-order valence-electron chi connectivity index (χ3n) is 1.99. The zero-order valence-corrected chi connectivity index (χ0v) is 11.2. The first-order valence-corrected chi connectivity index (χ1v) is 5.26. The molecule has 2 atom stereocenters. The van der Waals surface area contributed by atoms with Crippen LogP contribution in [0.4, 0.5) is 17.6 Å². The van der Waals surface area contributed by atoms with Gasteiger partial charge in [-0.15, -0.1) is 12.4 Å². The van der Waals surface area contributed by atoms with Gasteiger partial charge in [0.2, 0.25) is 0 Å². The van der Waals surface area contributed by atoms with Crippen LogP contribution in [0.1, 0.15) is 11.6 Å². The van der Waals surface area contributed by atoms with E-state index >= 15 is 0 Å². The summed E-state index contributed by atoms with van der Waals surface area (Å²) in [5.41, 5.74) is 4.83. The summed E-state index contributed by atoms with van der Waals surface area (Å²) in [6.07, 6.45) is -7.65. The van der Waals surface area contributed by atoms with Crippen molar-refractivity contribution in [2.24, 2.45) is 5.73 Å². The first-order chi connectivity index (χ1) is 7.23. The lowest BCUT2D eigenvalue weighted by Crippen LogP contribution is -2.39. The van der Waals surface area contributed by atoms with E-state index in [2.05, 4.69) is 0 Å². The van der Waals surface area contributed by atoms with Crippen molar-refractivity contribution in [3.63, 3.8) is 0 Å². The monoisotopic (exact) mass is 385 g/mol. The summed E-state index contributed by atoms with van der Waals surface area (Å²) in [5, 5.41) is 8.90. The first-order valence-electron chi connectivity index (χ1n) is 4.19. The Hall–Kier alpha value is -0.120. The van der Waals surface area contributed by atoms with Crippen molar-refractivity contribution in [1.82, 2.24) is 0 Å². The van der Waals surface area contributed by atoms with Gasteiger partial charge in [-0.2, -0.15) is 13.2 Å².